The Morgan fingerprint density at radius 2 is 2.17 bits per heavy atom. The van der Waals surface area contributed by atoms with Gasteiger partial charge in [0.05, 0.1) is 0 Å². The van der Waals surface area contributed by atoms with E-state index in [9.17, 15) is 4.79 Å². The van der Waals surface area contributed by atoms with E-state index < -0.39 is 0 Å². The highest BCUT2D eigenvalue weighted by atomic mass is 16.2. The quantitative estimate of drug-likeness (QED) is 0.597. The second kappa shape index (κ2) is 4.07. The molecule has 0 radical (unpaired) electrons. The molecular formula is C15H23N2O+. The van der Waals surface area contributed by atoms with Crippen LogP contribution in [0.3, 0.4) is 0 Å². The lowest BCUT2D eigenvalue weighted by Crippen LogP contribution is -2.62. The summed E-state index contributed by atoms with van der Waals surface area (Å²) in [5.74, 6) is 1.94. The van der Waals surface area contributed by atoms with Crippen LogP contribution in [-0.4, -0.2) is 46.8 Å². The van der Waals surface area contributed by atoms with Crippen LogP contribution < -0.4 is 0 Å². The summed E-state index contributed by atoms with van der Waals surface area (Å²) in [7, 11) is 0. The SMILES string of the molecule is O=C1CCC[C@H]2[C@@H]3C[C@H](CN12)[C@H]1CCCC=[N+]1C3. The number of rotatable bonds is 0. The van der Waals surface area contributed by atoms with Gasteiger partial charge in [-0.05, 0) is 25.7 Å². The van der Waals surface area contributed by atoms with Gasteiger partial charge in [0.2, 0.25) is 5.91 Å². The molecule has 0 spiro atoms. The van der Waals surface area contributed by atoms with Gasteiger partial charge in [-0.3, -0.25) is 4.79 Å². The van der Waals surface area contributed by atoms with Crippen LogP contribution in [0, 0.1) is 11.8 Å². The number of amides is 1. The summed E-state index contributed by atoms with van der Waals surface area (Å²) in [5.41, 5.74) is 0. The first-order chi connectivity index (χ1) is 8.83. The molecule has 2 bridgehead atoms. The van der Waals surface area contributed by atoms with E-state index >= 15 is 0 Å². The maximum absolute atomic E-state index is 12.1. The third-order valence-corrected chi connectivity index (χ3v) is 5.68. The number of fused-ring (bicyclic) bond motifs is 6. The summed E-state index contributed by atoms with van der Waals surface area (Å²) in [4.78, 5) is 14.4. The van der Waals surface area contributed by atoms with Crippen molar-refractivity contribution in [2.45, 2.75) is 57.0 Å². The largest absolute Gasteiger partial charge is 0.339 e. The van der Waals surface area contributed by atoms with Crippen molar-refractivity contribution in [3.8, 4) is 0 Å². The molecule has 0 aromatic rings. The monoisotopic (exact) mass is 247 g/mol. The zero-order valence-corrected chi connectivity index (χ0v) is 11.1. The number of piperidine rings is 3. The fourth-order valence-electron chi connectivity index (χ4n) is 4.89. The lowest BCUT2D eigenvalue weighted by atomic mass is 9.72. The lowest BCUT2D eigenvalue weighted by molar-refractivity contribution is -0.599. The van der Waals surface area contributed by atoms with Crippen LogP contribution in [0.4, 0.5) is 0 Å². The van der Waals surface area contributed by atoms with Gasteiger partial charge >= 0.3 is 0 Å². The van der Waals surface area contributed by atoms with Crippen molar-refractivity contribution in [3.63, 3.8) is 0 Å². The van der Waals surface area contributed by atoms with E-state index in [0.29, 0.717) is 11.9 Å². The van der Waals surface area contributed by atoms with Gasteiger partial charge in [0, 0.05) is 43.7 Å². The summed E-state index contributed by atoms with van der Waals surface area (Å²) in [6.07, 6.45) is 11.0. The second-order valence-corrected chi connectivity index (χ2v) is 6.64. The Hall–Kier alpha value is -0.860. The first-order valence-corrected chi connectivity index (χ1v) is 7.71. The zero-order valence-electron chi connectivity index (χ0n) is 11.1. The molecule has 0 aromatic carbocycles. The van der Waals surface area contributed by atoms with E-state index in [2.05, 4.69) is 15.7 Å². The zero-order chi connectivity index (χ0) is 12.1. The van der Waals surface area contributed by atoms with E-state index in [1.165, 1.54) is 38.6 Å². The molecule has 0 N–H and O–H groups in total. The second-order valence-electron chi connectivity index (χ2n) is 6.64. The van der Waals surface area contributed by atoms with Crippen LogP contribution in [0.2, 0.25) is 0 Å². The molecule has 3 fully saturated rings. The third kappa shape index (κ3) is 1.55. The number of hydrogen-bond donors (Lipinski definition) is 0. The standard InChI is InChI=1S/C15H23N2O/c18-15-6-3-5-14-11-8-12(10-17(14)15)13-4-1-2-7-16(13)9-11/h7,11-14H,1-6,8-10H2/q+1/t11-,12-,13-,14+/m1/s1. The van der Waals surface area contributed by atoms with Crippen LogP contribution in [0.25, 0.3) is 0 Å². The Morgan fingerprint density at radius 1 is 1.22 bits per heavy atom. The number of carbonyl (C=O) groups is 1. The molecular weight excluding hydrogens is 224 g/mol. The Labute approximate surface area is 109 Å². The van der Waals surface area contributed by atoms with E-state index in [4.69, 9.17) is 0 Å². The molecule has 4 atom stereocenters. The van der Waals surface area contributed by atoms with E-state index in [1.54, 1.807) is 0 Å². The third-order valence-electron chi connectivity index (χ3n) is 5.68. The van der Waals surface area contributed by atoms with E-state index in [-0.39, 0.29) is 0 Å². The van der Waals surface area contributed by atoms with Crippen molar-refractivity contribution in [1.82, 2.24) is 4.90 Å². The molecule has 3 saturated heterocycles. The highest BCUT2D eigenvalue weighted by Gasteiger charge is 2.50. The fourth-order valence-corrected chi connectivity index (χ4v) is 4.89. The van der Waals surface area contributed by atoms with Gasteiger partial charge in [0.25, 0.3) is 0 Å². The summed E-state index contributed by atoms with van der Waals surface area (Å²) in [6, 6.07) is 1.31. The van der Waals surface area contributed by atoms with Crippen molar-refractivity contribution in [1.29, 1.82) is 0 Å². The topological polar surface area (TPSA) is 23.3 Å². The first kappa shape index (κ1) is 11.0. The predicted octanol–water partition coefficient (Wildman–Crippen LogP) is 1.65. The number of carbonyl (C=O) groups excluding carboxylic acids is 1. The minimum Gasteiger partial charge on any atom is -0.339 e. The smallest absolute Gasteiger partial charge is 0.222 e. The normalized spacial score (nSPS) is 43.0. The molecule has 4 rings (SSSR count). The molecule has 3 heteroatoms. The molecule has 4 aliphatic rings. The van der Waals surface area contributed by atoms with Crippen molar-refractivity contribution < 1.29 is 9.37 Å². The molecule has 98 valence electrons. The Morgan fingerprint density at radius 3 is 3.11 bits per heavy atom. The lowest BCUT2D eigenvalue weighted by Gasteiger charge is -2.50. The molecule has 4 heterocycles. The van der Waals surface area contributed by atoms with Crippen molar-refractivity contribution in [3.05, 3.63) is 0 Å². The summed E-state index contributed by atoms with van der Waals surface area (Å²) in [6.45, 7) is 2.27. The van der Waals surface area contributed by atoms with Crippen LogP contribution in [-0.2, 0) is 4.79 Å². The van der Waals surface area contributed by atoms with Crippen LogP contribution in [0.15, 0.2) is 0 Å². The first-order valence-electron chi connectivity index (χ1n) is 7.71. The van der Waals surface area contributed by atoms with Crippen molar-refractivity contribution in [2.75, 3.05) is 13.1 Å². The van der Waals surface area contributed by atoms with Crippen LogP contribution in [0.1, 0.15) is 44.9 Å². The van der Waals surface area contributed by atoms with Crippen LogP contribution >= 0.6 is 0 Å². The average molecular weight is 247 g/mol. The predicted molar refractivity (Wildman–Crippen MR) is 69.8 cm³/mol. The number of nitrogens with zero attached hydrogens (tertiary/aromatic N) is 2. The van der Waals surface area contributed by atoms with E-state index in [1.807, 2.05) is 0 Å². The molecule has 4 aliphatic heterocycles. The minimum atomic E-state index is 0.439. The van der Waals surface area contributed by atoms with Gasteiger partial charge in [-0.1, -0.05) is 0 Å². The average Bonchev–Trinajstić information content (AvgIpc) is 2.40. The molecule has 0 saturated carbocycles. The summed E-state index contributed by atoms with van der Waals surface area (Å²) >= 11 is 0. The van der Waals surface area contributed by atoms with Crippen LogP contribution in [0.5, 0.6) is 0 Å². The Kier molecular flexibility index (Phi) is 2.49. The van der Waals surface area contributed by atoms with Gasteiger partial charge in [0.15, 0.2) is 6.04 Å². The fraction of sp³-hybridized carbons (Fsp3) is 0.867. The molecule has 0 aromatic heterocycles. The summed E-state index contributed by atoms with van der Waals surface area (Å²) < 4.78 is 2.64. The van der Waals surface area contributed by atoms with Crippen molar-refractivity contribution in [2.24, 2.45) is 11.8 Å². The van der Waals surface area contributed by atoms with E-state index in [0.717, 1.165) is 37.3 Å². The van der Waals surface area contributed by atoms with Gasteiger partial charge in [-0.15, -0.1) is 0 Å². The molecule has 1 amide bonds. The number of hydrogen-bond acceptors (Lipinski definition) is 1. The molecule has 3 nitrogen and oxygen atoms in total. The maximum Gasteiger partial charge on any atom is 0.222 e. The highest BCUT2D eigenvalue weighted by molar-refractivity contribution is 5.77. The summed E-state index contributed by atoms with van der Waals surface area (Å²) in [5, 5.41) is 0. The van der Waals surface area contributed by atoms with Gasteiger partial charge < -0.3 is 4.90 Å². The Balaban J connectivity index is 1.64. The van der Waals surface area contributed by atoms with Gasteiger partial charge in [0.1, 0.15) is 12.8 Å². The molecule has 0 unspecified atom stereocenters. The Bertz CT molecular complexity index is 403. The van der Waals surface area contributed by atoms with Gasteiger partial charge in [-0.25, -0.2) is 4.58 Å². The molecule has 18 heavy (non-hydrogen) atoms. The van der Waals surface area contributed by atoms with Crippen molar-refractivity contribution >= 4 is 12.1 Å². The highest BCUT2D eigenvalue weighted by Crippen LogP contribution is 2.40. The maximum atomic E-state index is 12.1. The van der Waals surface area contributed by atoms with Gasteiger partial charge in [-0.2, -0.15) is 0 Å². The molecule has 0 aliphatic carbocycles. The minimum absolute atomic E-state index is 0.439.